The van der Waals surface area contributed by atoms with Gasteiger partial charge in [0.15, 0.2) is 0 Å². The number of nitrogens with zero attached hydrogens (tertiary/aromatic N) is 1. The van der Waals surface area contributed by atoms with Crippen LogP contribution in [-0.4, -0.2) is 24.0 Å². The van der Waals surface area contributed by atoms with Gasteiger partial charge in [0.25, 0.3) is 0 Å². The zero-order valence-electron chi connectivity index (χ0n) is 10.8. The molecule has 4 heteroatoms. The molecule has 0 fully saturated rings. The van der Waals surface area contributed by atoms with Gasteiger partial charge >= 0.3 is 0 Å². The smallest absolute Gasteiger partial charge is 0.224 e. The van der Waals surface area contributed by atoms with E-state index in [1.165, 1.54) is 0 Å². The number of pyridine rings is 1. The van der Waals surface area contributed by atoms with Crippen LogP contribution in [0.1, 0.15) is 25.1 Å². The van der Waals surface area contributed by atoms with Crippen molar-refractivity contribution in [2.75, 3.05) is 13.1 Å². The van der Waals surface area contributed by atoms with E-state index in [1.807, 2.05) is 32.9 Å². The molecular weight excluding hydrogens is 214 g/mol. The molecule has 0 spiro atoms. The van der Waals surface area contributed by atoms with E-state index in [1.54, 1.807) is 6.20 Å². The first-order chi connectivity index (χ1) is 8.15. The lowest BCUT2D eigenvalue weighted by Crippen LogP contribution is -2.35. The van der Waals surface area contributed by atoms with E-state index in [0.29, 0.717) is 13.1 Å². The topological polar surface area (TPSA) is 54.0 Å². The maximum Gasteiger partial charge on any atom is 0.224 e. The van der Waals surface area contributed by atoms with Crippen molar-refractivity contribution >= 4 is 5.91 Å². The zero-order valence-corrected chi connectivity index (χ0v) is 10.8. The van der Waals surface area contributed by atoms with Gasteiger partial charge in [0.1, 0.15) is 0 Å². The lowest BCUT2D eigenvalue weighted by atomic mass is 10.1. The molecule has 4 nitrogen and oxygen atoms in total. The molecule has 0 aliphatic rings. The fourth-order valence-electron chi connectivity index (χ4n) is 1.50. The predicted octanol–water partition coefficient (Wildman–Crippen LogP) is 1.25. The van der Waals surface area contributed by atoms with Crippen LogP contribution in [0.5, 0.6) is 0 Å². The summed E-state index contributed by atoms with van der Waals surface area (Å²) in [6, 6.07) is 3.89. The second kappa shape index (κ2) is 7.01. The van der Waals surface area contributed by atoms with Crippen LogP contribution in [0, 0.1) is 12.8 Å². The third-order valence-corrected chi connectivity index (χ3v) is 2.70. The molecule has 94 valence electrons. The van der Waals surface area contributed by atoms with E-state index in [0.717, 1.165) is 17.8 Å². The molecule has 2 N–H and O–H groups in total. The summed E-state index contributed by atoms with van der Waals surface area (Å²) in [7, 11) is 0. The molecule has 0 aliphatic carbocycles. The summed E-state index contributed by atoms with van der Waals surface area (Å²) < 4.78 is 0. The predicted molar refractivity (Wildman–Crippen MR) is 68.5 cm³/mol. The molecule has 0 aromatic carbocycles. The minimum Gasteiger partial charge on any atom is -0.350 e. The highest BCUT2D eigenvalue weighted by molar-refractivity contribution is 5.78. The van der Waals surface area contributed by atoms with Gasteiger partial charge in [-0.2, -0.15) is 0 Å². The van der Waals surface area contributed by atoms with E-state index in [2.05, 4.69) is 15.6 Å². The second-order valence-electron chi connectivity index (χ2n) is 4.19. The van der Waals surface area contributed by atoms with Crippen LogP contribution in [0.2, 0.25) is 0 Å². The first-order valence-electron chi connectivity index (χ1n) is 6.04. The Hall–Kier alpha value is -1.42. The summed E-state index contributed by atoms with van der Waals surface area (Å²) in [5.41, 5.74) is 2.03. The zero-order chi connectivity index (χ0) is 12.7. The number of hydrogen-bond donors (Lipinski definition) is 2. The average molecular weight is 235 g/mol. The molecule has 0 saturated carbocycles. The lowest BCUT2D eigenvalue weighted by Gasteiger charge is -2.12. The molecule has 0 saturated heterocycles. The van der Waals surface area contributed by atoms with Crippen LogP contribution in [0.4, 0.5) is 0 Å². The Bertz CT molecular complexity index is 365. The normalized spacial score (nSPS) is 12.2. The second-order valence-corrected chi connectivity index (χ2v) is 4.19. The van der Waals surface area contributed by atoms with Crippen molar-refractivity contribution in [3.8, 4) is 0 Å². The van der Waals surface area contributed by atoms with Gasteiger partial charge in [0.2, 0.25) is 5.91 Å². The number of hydrogen-bond acceptors (Lipinski definition) is 3. The van der Waals surface area contributed by atoms with Crippen LogP contribution in [0.3, 0.4) is 0 Å². The minimum absolute atomic E-state index is 0.0148. The van der Waals surface area contributed by atoms with E-state index >= 15 is 0 Å². The molecule has 1 amide bonds. The van der Waals surface area contributed by atoms with E-state index in [-0.39, 0.29) is 11.8 Å². The summed E-state index contributed by atoms with van der Waals surface area (Å²) >= 11 is 0. The van der Waals surface area contributed by atoms with Crippen LogP contribution in [0.25, 0.3) is 0 Å². The average Bonchev–Trinajstić information content (AvgIpc) is 2.34. The fraction of sp³-hybridized carbons (Fsp3) is 0.538. The van der Waals surface area contributed by atoms with Crippen molar-refractivity contribution in [2.45, 2.75) is 27.3 Å². The van der Waals surface area contributed by atoms with Crippen molar-refractivity contribution in [2.24, 2.45) is 5.92 Å². The summed E-state index contributed by atoms with van der Waals surface area (Å²) in [6.45, 7) is 8.05. The Balaban J connectivity index is 2.40. The van der Waals surface area contributed by atoms with Crippen molar-refractivity contribution in [3.63, 3.8) is 0 Å². The lowest BCUT2D eigenvalue weighted by molar-refractivity contribution is -0.124. The number of aromatic nitrogens is 1. The standard InChI is InChI=1S/C13H21N3O/c1-4-14-8-11(3)13(17)16-9-12-10(2)6-5-7-15-12/h5-7,11,14H,4,8-9H2,1-3H3,(H,16,17). The molecule has 1 aromatic rings. The molecule has 1 unspecified atom stereocenters. The van der Waals surface area contributed by atoms with Gasteiger partial charge in [-0.25, -0.2) is 0 Å². The van der Waals surface area contributed by atoms with E-state index in [4.69, 9.17) is 0 Å². The van der Waals surface area contributed by atoms with Gasteiger partial charge in [0, 0.05) is 18.7 Å². The molecule has 0 bridgehead atoms. The molecule has 1 aromatic heterocycles. The summed E-state index contributed by atoms with van der Waals surface area (Å²) in [6.07, 6.45) is 1.75. The monoisotopic (exact) mass is 235 g/mol. The van der Waals surface area contributed by atoms with Crippen LogP contribution >= 0.6 is 0 Å². The van der Waals surface area contributed by atoms with Gasteiger partial charge in [-0.15, -0.1) is 0 Å². The van der Waals surface area contributed by atoms with E-state index in [9.17, 15) is 4.79 Å². The van der Waals surface area contributed by atoms with Crippen LogP contribution < -0.4 is 10.6 Å². The Morgan fingerprint density at radius 2 is 2.29 bits per heavy atom. The van der Waals surface area contributed by atoms with Gasteiger partial charge in [-0.05, 0) is 25.1 Å². The SMILES string of the molecule is CCNCC(C)C(=O)NCc1ncccc1C. The maximum absolute atomic E-state index is 11.8. The first kappa shape index (κ1) is 13.6. The molecule has 1 atom stereocenters. The molecule has 1 heterocycles. The number of rotatable bonds is 6. The Morgan fingerprint density at radius 1 is 1.53 bits per heavy atom. The van der Waals surface area contributed by atoms with Crippen molar-refractivity contribution in [1.29, 1.82) is 0 Å². The molecule has 0 radical (unpaired) electrons. The summed E-state index contributed by atoms with van der Waals surface area (Å²) in [5.74, 6) is 0.0509. The number of nitrogens with one attached hydrogen (secondary N) is 2. The van der Waals surface area contributed by atoms with Gasteiger partial charge in [-0.3, -0.25) is 9.78 Å². The maximum atomic E-state index is 11.8. The van der Waals surface area contributed by atoms with Crippen molar-refractivity contribution in [1.82, 2.24) is 15.6 Å². The summed E-state index contributed by atoms with van der Waals surface area (Å²) in [4.78, 5) is 16.0. The fourth-order valence-corrected chi connectivity index (χ4v) is 1.50. The summed E-state index contributed by atoms with van der Waals surface area (Å²) in [5, 5.41) is 6.07. The molecule has 0 aliphatic heterocycles. The molecule has 17 heavy (non-hydrogen) atoms. The van der Waals surface area contributed by atoms with Crippen LogP contribution in [-0.2, 0) is 11.3 Å². The van der Waals surface area contributed by atoms with E-state index < -0.39 is 0 Å². The highest BCUT2D eigenvalue weighted by atomic mass is 16.1. The third kappa shape index (κ3) is 4.53. The molecular formula is C13H21N3O. The first-order valence-corrected chi connectivity index (χ1v) is 6.04. The van der Waals surface area contributed by atoms with Crippen molar-refractivity contribution in [3.05, 3.63) is 29.6 Å². The number of carbonyl (C=O) groups excluding carboxylic acids is 1. The van der Waals surface area contributed by atoms with Gasteiger partial charge < -0.3 is 10.6 Å². The number of carbonyl (C=O) groups is 1. The molecule has 1 rings (SSSR count). The highest BCUT2D eigenvalue weighted by Crippen LogP contribution is 2.03. The third-order valence-electron chi connectivity index (χ3n) is 2.70. The van der Waals surface area contributed by atoms with Crippen molar-refractivity contribution < 1.29 is 4.79 Å². The Kier molecular flexibility index (Phi) is 5.63. The number of aryl methyl sites for hydroxylation is 1. The Labute approximate surface area is 103 Å². The number of amides is 1. The quantitative estimate of drug-likeness (QED) is 0.780. The minimum atomic E-state index is -0.0148. The van der Waals surface area contributed by atoms with Gasteiger partial charge in [-0.1, -0.05) is 19.9 Å². The Morgan fingerprint density at radius 3 is 2.94 bits per heavy atom. The largest absolute Gasteiger partial charge is 0.350 e. The van der Waals surface area contributed by atoms with Crippen LogP contribution in [0.15, 0.2) is 18.3 Å². The van der Waals surface area contributed by atoms with Gasteiger partial charge in [0.05, 0.1) is 12.2 Å². The highest BCUT2D eigenvalue weighted by Gasteiger charge is 2.11.